The van der Waals surface area contributed by atoms with Crippen molar-refractivity contribution in [2.75, 3.05) is 0 Å². The molecule has 5 heterocycles. The number of nitrogens with zero attached hydrogens (tertiary/aromatic N) is 5. The quantitative estimate of drug-likeness (QED) is 0.186. The smallest absolute Gasteiger partial charge is 0.147 e. The highest BCUT2D eigenvalue weighted by Crippen LogP contribution is 2.45. The summed E-state index contributed by atoms with van der Waals surface area (Å²) < 4.78 is 7.15. The topological polar surface area (TPSA) is 40.0 Å². The van der Waals surface area contributed by atoms with E-state index in [1.165, 1.54) is 38.1 Å². The Morgan fingerprint density at radius 2 is 1.04 bits per heavy atom. The molecule has 0 aliphatic rings. The Morgan fingerprint density at radius 3 is 1.85 bits per heavy atom. The van der Waals surface area contributed by atoms with Gasteiger partial charge in [-0.3, -0.25) is 9.38 Å². The van der Waals surface area contributed by atoms with Crippen LogP contribution in [0.3, 0.4) is 0 Å². The molecule has 0 N–H and O–H groups in total. The van der Waals surface area contributed by atoms with E-state index in [4.69, 9.17) is 9.97 Å². The van der Waals surface area contributed by atoms with Crippen molar-refractivity contribution in [2.24, 2.45) is 0 Å². The summed E-state index contributed by atoms with van der Waals surface area (Å²) in [5, 5.41) is 7.07. The molecular weight excluding hydrogens is 574 g/mol. The molecule has 0 radical (unpaired) electrons. The van der Waals surface area contributed by atoms with E-state index in [1.54, 1.807) is 0 Å². The molecule has 0 saturated carbocycles. The normalized spacial score (nSPS) is 12.3. The van der Waals surface area contributed by atoms with Gasteiger partial charge in [0.05, 0.1) is 44.1 Å². The van der Waals surface area contributed by atoms with E-state index in [9.17, 15) is 0 Å². The summed E-state index contributed by atoms with van der Waals surface area (Å²) >= 11 is 0. The number of rotatable bonds is 2. The summed E-state index contributed by atoms with van der Waals surface area (Å²) in [5.74, 6) is 0. The molecule has 0 amide bonds. The van der Waals surface area contributed by atoms with Crippen LogP contribution in [0.2, 0.25) is 0 Å². The maximum absolute atomic E-state index is 5.31. The van der Waals surface area contributed by atoms with Crippen LogP contribution in [-0.2, 0) is 0 Å². The highest BCUT2D eigenvalue weighted by molar-refractivity contribution is 6.33. The third kappa shape index (κ3) is 3.17. The Hall–Kier alpha value is -6.46. The lowest BCUT2D eigenvalue weighted by Crippen LogP contribution is -1.96. The van der Waals surface area contributed by atoms with Gasteiger partial charge in [-0.05, 0) is 72.8 Å². The van der Waals surface area contributed by atoms with Crippen LogP contribution in [0, 0.1) is 0 Å². The zero-order valence-corrected chi connectivity index (χ0v) is 25.2. The molecule has 0 fully saturated rings. The monoisotopic (exact) mass is 599 g/mol. The van der Waals surface area contributed by atoms with Crippen LogP contribution in [0.25, 0.3) is 93.5 Å². The van der Waals surface area contributed by atoms with Gasteiger partial charge in [0.2, 0.25) is 0 Å². The number of benzene rings is 6. The van der Waals surface area contributed by atoms with Crippen molar-refractivity contribution in [3.63, 3.8) is 0 Å². The summed E-state index contributed by atoms with van der Waals surface area (Å²) in [6, 6.07) is 51.9. The fraction of sp³-hybridized carbons (Fsp3) is 0. The minimum Gasteiger partial charge on any atom is -0.309 e. The van der Waals surface area contributed by atoms with Gasteiger partial charge < -0.3 is 9.13 Å². The van der Waals surface area contributed by atoms with Gasteiger partial charge in [0.15, 0.2) is 0 Å². The lowest BCUT2D eigenvalue weighted by atomic mass is 10.0. The number of hydrogen-bond donors (Lipinski definition) is 0. The second kappa shape index (κ2) is 9.05. The summed E-state index contributed by atoms with van der Waals surface area (Å²) in [5.41, 5.74) is 12.0. The van der Waals surface area contributed by atoms with Gasteiger partial charge in [-0.25, -0.2) is 4.98 Å². The average Bonchev–Trinajstić information content (AvgIpc) is 3.80. The third-order valence-corrected chi connectivity index (χ3v) is 9.82. The van der Waals surface area contributed by atoms with Gasteiger partial charge in [-0.15, -0.1) is 0 Å². The van der Waals surface area contributed by atoms with Crippen molar-refractivity contribution < 1.29 is 0 Å². The van der Waals surface area contributed by atoms with Gasteiger partial charge in [-0.1, -0.05) is 72.8 Å². The summed E-state index contributed by atoms with van der Waals surface area (Å²) in [7, 11) is 0. The van der Waals surface area contributed by atoms with Crippen molar-refractivity contribution in [1.29, 1.82) is 0 Å². The van der Waals surface area contributed by atoms with Crippen LogP contribution in [0.5, 0.6) is 0 Å². The van der Waals surface area contributed by atoms with Crippen molar-refractivity contribution in [3.8, 4) is 11.4 Å². The Bertz CT molecular complexity index is 3060. The van der Waals surface area contributed by atoms with E-state index in [0.717, 1.165) is 55.4 Å². The van der Waals surface area contributed by atoms with Crippen molar-refractivity contribution >= 4 is 82.1 Å². The predicted molar refractivity (Wildman–Crippen MR) is 194 cm³/mol. The molecule has 5 nitrogen and oxygen atoms in total. The Labute approximate surface area is 268 Å². The first-order valence-corrected chi connectivity index (χ1v) is 15.9. The summed E-state index contributed by atoms with van der Waals surface area (Å²) in [6.45, 7) is 0. The molecule has 6 aromatic carbocycles. The average molecular weight is 600 g/mol. The molecule has 0 aliphatic carbocycles. The fourth-order valence-corrected chi connectivity index (χ4v) is 8.00. The van der Waals surface area contributed by atoms with Crippen LogP contribution in [0.15, 0.2) is 152 Å². The molecule has 0 saturated heterocycles. The third-order valence-electron chi connectivity index (χ3n) is 9.82. The van der Waals surface area contributed by atoms with E-state index in [1.807, 2.05) is 12.3 Å². The van der Waals surface area contributed by atoms with E-state index in [2.05, 4.69) is 153 Å². The van der Waals surface area contributed by atoms with E-state index < -0.39 is 0 Å². The van der Waals surface area contributed by atoms with Crippen LogP contribution >= 0.6 is 0 Å². The number of fused-ring (bicyclic) bond motifs is 16. The zero-order chi connectivity index (χ0) is 30.6. The molecule has 11 rings (SSSR count). The van der Waals surface area contributed by atoms with E-state index in [-0.39, 0.29) is 0 Å². The van der Waals surface area contributed by atoms with Crippen molar-refractivity contribution in [3.05, 3.63) is 152 Å². The Kier molecular flexibility index (Phi) is 4.78. The van der Waals surface area contributed by atoms with Gasteiger partial charge >= 0.3 is 0 Å². The molecule has 47 heavy (non-hydrogen) atoms. The van der Waals surface area contributed by atoms with Crippen molar-refractivity contribution in [2.45, 2.75) is 0 Å². The molecule has 11 aromatic rings. The first kappa shape index (κ1) is 24.8. The molecule has 5 aromatic heterocycles. The molecule has 0 aliphatic heterocycles. The minimum absolute atomic E-state index is 0.950. The molecular formula is C42H25N5. The first-order valence-electron chi connectivity index (χ1n) is 15.9. The SMILES string of the molecule is c1ccc(-n2c3ccccc3c3c2ccc2c4c5c(ccc4n(-c4ccccc4)c23)c2ncccc2n2c3ccccc3nc52)cc1. The minimum atomic E-state index is 0.950. The lowest BCUT2D eigenvalue weighted by Gasteiger charge is -2.11. The van der Waals surface area contributed by atoms with E-state index >= 15 is 0 Å². The van der Waals surface area contributed by atoms with Crippen LogP contribution in [0.4, 0.5) is 0 Å². The molecule has 0 unspecified atom stereocenters. The molecule has 218 valence electrons. The first-order chi connectivity index (χ1) is 23.4. The van der Waals surface area contributed by atoms with Crippen LogP contribution < -0.4 is 0 Å². The molecule has 0 atom stereocenters. The predicted octanol–water partition coefficient (Wildman–Crippen LogP) is 10.4. The number of para-hydroxylation sites is 5. The largest absolute Gasteiger partial charge is 0.309 e. The molecule has 5 heteroatoms. The summed E-state index contributed by atoms with van der Waals surface area (Å²) in [6.07, 6.45) is 1.89. The molecule has 0 spiro atoms. The number of aromatic nitrogens is 5. The van der Waals surface area contributed by atoms with Crippen LogP contribution in [0.1, 0.15) is 0 Å². The highest BCUT2D eigenvalue weighted by Gasteiger charge is 2.24. The second-order valence-electron chi connectivity index (χ2n) is 12.2. The van der Waals surface area contributed by atoms with Gasteiger partial charge in [-0.2, -0.15) is 0 Å². The van der Waals surface area contributed by atoms with Gasteiger partial charge in [0.1, 0.15) is 5.65 Å². The maximum Gasteiger partial charge on any atom is 0.147 e. The van der Waals surface area contributed by atoms with Crippen LogP contribution in [-0.4, -0.2) is 23.5 Å². The second-order valence-corrected chi connectivity index (χ2v) is 12.2. The van der Waals surface area contributed by atoms with Gasteiger partial charge in [0, 0.05) is 49.9 Å². The molecule has 0 bridgehead atoms. The Balaban J connectivity index is 1.45. The van der Waals surface area contributed by atoms with Crippen molar-refractivity contribution in [1.82, 2.24) is 23.5 Å². The zero-order valence-electron chi connectivity index (χ0n) is 25.2. The lowest BCUT2D eigenvalue weighted by molar-refractivity contribution is 1.17. The number of imidazole rings is 1. The highest BCUT2D eigenvalue weighted by atomic mass is 15.0. The standard InChI is InChI=1S/C42H25N5/c1-3-12-26(13-4-1)45-32-18-9-7-16-28(32)38-35(45)24-22-30-37-34(46(41(30)38)27-14-5-2-6-15-27)23-21-29-39(37)42-44-31-17-8-10-19-33(31)47(42)36-20-11-25-43-40(29)36/h1-25H. The van der Waals surface area contributed by atoms with Gasteiger partial charge in [0.25, 0.3) is 0 Å². The Morgan fingerprint density at radius 1 is 0.404 bits per heavy atom. The summed E-state index contributed by atoms with van der Waals surface area (Å²) in [4.78, 5) is 10.3. The fourth-order valence-electron chi connectivity index (χ4n) is 8.00. The maximum atomic E-state index is 5.31. The van der Waals surface area contributed by atoms with E-state index in [0.29, 0.717) is 0 Å². The number of pyridine rings is 2. The number of hydrogen-bond acceptors (Lipinski definition) is 2.